The molecule has 0 saturated heterocycles. The number of para-hydroxylation sites is 2. The summed E-state index contributed by atoms with van der Waals surface area (Å²) in [5.41, 5.74) is 3.47. The molecule has 0 bridgehead atoms. The van der Waals surface area contributed by atoms with E-state index in [2.05, 4.69) is 15.3 Å². The Morgan fingerprint density at radius 1 is 1.11 bits per heavy atom. The van der Waals surface area contributed by atoms with Crippen LogP contribution in [0, 0.1) is 6.92 Å². The number of aromatic amines is 1. The van der Waals surface area contributed by atoms with Crippen LogP contribution in [0.4, 0.5) is 5.69 Å². The molecule has 4 aromatic rings. The van der Waals surface area contributed by atoms with Gasteiger partial charge in [-0.15, -0.1) is 0 Å². The Labute approximate surface area is 161 Å². The van der Waals surface area contributed by atoms with Gasteiger partial charge in [0.2, 0.25) is 14.9 Å². The molecule has 0 aliphatic rings. The summed E-state index contributed by atoms with van der Waals surface area (Å²) >= 11 is 0. The second-order valence-corrected chi connectivity index (χ2v) is 8.39. The van der Waals surface area contributed by atoms with Crippen molar-refractivity contribution in [2.75, 3.05) is 11.6 Å². The third kappa shape index (κ3) is 3.41. The third-order valence-electron chi connectivity index (χ3n) is 4.31. The zero-order valence-corrected chi connectivity index (χ0v) is 16.0. The highest BCUT2D eigenvalue weighted by atomic mass is 32.2. The molecular weight excluding hydrogens is 378 g/mol. The van der Waals surface area contributed by atoms with Gasteiger partial charge in [-0.1, -0.05) is 12.1 Å². The molecule has 2 aromatic heterocycles. The number of furan rings is 1. The minimum absolute atomic E-state index is 0.182. The minimum Gasteiger partial charge on any atom is -0.449 e. The number of imidazole rings is 1. The number of benzene rings is 2. The highest BCUT2D eigenvalue weighted by Crippen LogP contribution is 2.23. The standard InChI is InChI=1S/C20H17N3O4S/c1-12-15(11-18(27-12)28(2,25)26)20(24)21-14-9-7-13(8-10-14)19-22-16-5-3-4-6-17(16)23-19/h3-11H,1-2H3,(H,21,24)(H,22,23). The highest BCUT2D eigenvalue weighted by molar-refractivity contribution is 7.90. The Kier molecular flexibility index (Phi) is 4.27. The number of carbonyl (C=O) groups excluding carboxylic acids is 1. The van der Waals surface area contributed by atoms with Crippen molar-refractivity contribution in [3.05, 3.63) is 65.9 Å². The molecule has 0 fully saturated rings. The Morgan fingerprint density at radius 3 is 2.46 bits per heavy atom. The fraction of sp³-hybridized carbons (Fsp3) is 0.100. The largest absolute Gasteiger partial charge is 0.449 e. The fourth-order valence-electron chi connectivity index (χ4n) is 2.86. The van der Waals surface area contributed by atoms with Crippen molar-refractivity contribution in [1.29, 1.82) is 0 Å². The van der Waals surface area contributed by atoms with Gasteiger partial charge in [0, 0.05) is 23.6 Å². The number of nitrogens with zero attached hydrogens (tertiary/aromatic N) is 1. The van der Waals surface area contributed by atoms with E-state index in [9.17, 15) is 13.2 Å². The normalized spacial score (nSPS) is 11.6. The first-order chi connectivity index (χ1) is 13.3. The molecule has 0 atom stereocenters. The summed E-state index contributed by atoms with van der Waals surface area (Å²) < 4.78 is 28.3. The smallest absolute Gasteiger partial charge is 0.259 e. The zero-order chi connectivity index (χ0) is 19.9. The number of hydrogen-bond acceptors (Lipinski definition) is 5. The molecule has 0 spiro atoms. The van der Waals surface area contributed by atoms with E-state index >= 15 is 0 Å². The van der Waals surface area contributed by atoms with Crippen LogP contribution in [0.5, 0.6) is 0 Å². The molecule has 7 nitrogen and oxygen atoms in total. The van der Waals surface area contributed by atoms with Gasteiger partial charge >= 0.3 is 0 Å². The van der Waals surface area contributed by atoms with E-state index in [1.54, 1.807) is 19.1 Å². The van der Waals surface area contributed by atoms with E-state index in [1.165, 1.54) is 6.07 Å². The Balaban J connectivity index is 1.55. The van der Waals surface area contributed by atoms with Crippen LogP contribution in [0.2, 0.25) is 0 Å². The summed E-state index contributed by atoms with van der Waals surface area (Å²) in [7, 11) is -3.52. The summed E-state index contributed by atoms with van der Waals surface area (Å²) in [5.74, 6) is 0.548. The second kappa shape index (κ2) is 6.65. The summed E-state index contributed by atoms with van der Waals surface area (Å²) in [6, 6.07) is 16.2. The van der Waals surface area contributed by atoms with Gasteiger partial charge in [-0.25, -0.2) is 13.4 Å². The molecular formula is C20H17N3O4S. The number of rotatable bonds is 4. The van der Waals surface area contributed by atoms with Crippen LogP contribution < -0.4 is 5.32 Å². The molecule has 0 aliphatic heterocycles. The maximum absolute atomic E-state index is 12.5. The summed E-state index contributed by atoms with van der Waals surface area (Å²) in [4.78, 5) is 20.3. The summed E-state index contributed by atoms with van der Waals surface area (Å²) in [5, 5.41) is 2.52. The molecule has 0 aliphatic carbocycles. The Hall–Kier alpha value is -3.39. The van der Waals surface area contributed by atoms with Crippen molar-refractivity contribution in [2.24, 2.45) is 0 Å². The number of hydrogen-bond donors (Lipinski definition) is 2. The van der Waals surface area contributed by atoms with Gasteiger partial charge in [0.25, 0.3) is 5.91 Å². The molecule has 142 valence electrons. The average molecular weight is 395 g/mol. The molecule has 28 heavy (non-hydrogen) atoms. The van der Waals surface area contributed by atoms with E-state index in [-0.39, 0.29) is 16.4 Å². The van der Waals surface area contributed by atoms with Gasteiger partial charge in [-0.3, -0.25) is 4.79 Å². The Bertz CT molecular complexity index is 1250. The SMILES string of the molecule is Cc1oc(S(C)(=O)=O)cc1C(=O)Nc1ccc(-c2nc3ccccc3[nH]2)cc1. The van der Waals surface area contributed by atoms with Crippen LogP contribution >= 0.6 is 0 Å². The molecule has 2 aromatic carbocycles. The van der Waals surface area contributed by atoms with E-state index in [4.69, 9.17) is 4.42 Å². The molecule has 2 heterocycles. The summed E-state index contributed by atoms with van der Waals surface area (Å²) in [6.45, 7) is 1.55. The number of carbonyl (C=O) groups is 1. The van der Waals surface area contributed by atoms with E-state index in [1.807, 2.05) is 36.4 Å². The minimum atomic E-state index is -3.52. The van der Waals surface area contributed by atoms with Crippen LogP contribution in [0.15, 0.2) is 64.1 Å². The third-order valence-corrected chi connectivity index (χ3v) is 5.24. The fourth-order valence-corrected chi connectivity index (χ4v) is 3.47. The van der Waals surface area contributed by atoms with Crippen LogP contribution in [0.1, 0.15) is 16.1 Å². The van der Waals surface area contributed by atoms with Gasteiger partial charge in [-0.2, -0.15) is 0 Å². The lowest BCUT2D eigenvalue weighted by Crippen LogP contribution is -2.12. The van der Waals surface area contributed by atoms with Gasteiger partial charge in [-0.05, 0) is 43.3 Å². The van der Waals surface area contributed by atoms with Crippen molar-refractivity contribution in [3.63, 3.8) is 0 Å². The molecule has 1 amide bonds. The lowest BCUT2D eigenvalue weighted by atomic mass is 10.2. The zero-order valence-electron chi connectivity index (χ0n) is 15.2. The number of aromatic nitrogens is 2. The van der Waals surface area contributed by atoms with Crippen LogP contribution in [-0.4, -0.2) is 30.5 Å². The molecule has 0 unspecified atom stereocenters. The van der Waals surface area contributed by atoms with Crippen molar-refractivity contribution in [2.45, 2.75) is 12.0 Å². The van der Waals surface area contributed by atoms with Gasteiger partial charge in [0.1, 0.15) is 11.6 Å². The van der Waals surface area contributed by atoms with Gasteiger partial charge in [0.05, 0.1) is 16.6 Å². The molecule has 0 radical (unpaired) electrons. The predicted molar refractivity (Wildman–Crippen MR) is 106 cm³/mol. The predicted octanol–water partition coefficient (Wildman–Crippen LogP) is 3.79. The molecule has 4 rings (SSSR count). The highest BCUT2D eigenvalue weighted by Gasteiger charge is 2.20. The number of anilines is 1. The number of amides is 1. The van der Waals surface area contributed by atoms with Crippen molar-refractivity contribution in [1.82, 2.24) is 9.97 Å². The molecule has 2 N–H and O–H groups in total. The quantitative estimate of drug-likeness (QED) is 0.547. The maximum Gasteiger partial charge on any atom is 0.259 e. The van der Waals surface area contributed by atoms with Gasteiger partial charge in [0.15, 0.2) is 0 Å². The van der Waals surface area contributed by atoms with Gasteiger partial charge < -0.3 is 14.7 Å². The van der Waals surface area contributed by atoms with Crippen molar-refractivity contribution in [3.8, 4) is 11.4 Å². The molecule has 8 heteroatoms. The van der Waals surface area contributed by atoms with Crippen LogP contribution in [0.3, 0.4) is 0 Å². The lowest BCUT2D eigenvalue weighted by Gasteiger charge is -2.05. The maximum atomic E-state index is 12.5. The molecule has 0 saturated carbocycles. The average Bonchev–Trinajstić information content (AvgIpc) is 3.25. The second-order valence-electron chi connectivity index (χ2n) is 6.44. The van der Waals surface area contributed by atoms with Crippen molar-refractivity contribution >= 4 is 32.5 Å². The van der Waals surface area contributed by atoms with Crippen LogP contribution in [0.25, 0.3) is 22.4 Å². The first-order valence-corrected chi connectivity index (χ1v) is 10.4. The van der Waals surface area contributed by atoms with E-state index in [0.717, 1.165) is 28.7 Å². The number of aryl methyl sites for hydroxylation is 1. The lowest BCUT2D eigenvalue weighted by molar-refractivity contribution is 0.102. The summed E-state index contributed by atoms with van der Waals surface area (Å²) in [6.07, 6.45) is 1.03. The van der Waals surface area contributed by atoms with E-state index in [0.29, 0.717) is 5.69 Å². The first-order valence-electron chi connectivity index (χ1n) is 8.48. The van der Waals surface area contributed by atoms with Crippen molar-refractivity contribution < 1.29 is 17.6 Å². The number of sulfone groups is 1. The number of fused-ring (bicyclic) bond motifs is 1. The Morgan fingerprint density at radius 2 is 1.82 bits per heavy atom. The van der Waals surface area contributed by atoms with E-state index < -0.39 is 15.7 Å². The number of H-pyrrole nitrogens is 1. The first kappa shape index (κ1) is 18.0. The topological polar surface area (TPSA) is 105 Å². The monoisotopic (exact) mass is 395 g/mol. The van der Waals surface area contributed by atoms with Crippen LogP contribution in [-0.2, 0) is 9.84 Å². The number of nitrogens with one attached hydrogen (secondary N) is 2.